The Hall–Kier alpha value is -3.23. The minimum absolute atomic E-state index is 0.0195. The maximum atomic E-state index is 14.0. The molecule has 3 amide bonds. The fourth-order valence-corrected chi connectivity index (χ4v) is 3.99. The van der Waals surface area contributed by atoms with Crippen molar-refractivity contribution in [2.75, 3.05) is 6.54 Å². The van der Waals surface area contributed by atoms with Gasteiger partial charge in [0.15, 0.2) is 11.5 Å². The van der Waals surface area contributed by atoms with Crippen LogP contribution in [0, 0.1) is 17.7 Å². The molecule has 3 N–H and O–H groups in total. The maximum absolute atomic E-state index is 14.0. The Bertz CT molecular complexity index is 990. The van der Waals surface area contributed by atoms with E-state index in [0.29, 0.717) is 19.4 Å². The van der Waals surface area contributed by atoms with Gasteiger partial charge in [-0.15, -0.1) is 0 Å². The second-order valence-electron chi connectivity index (χ2n) is 8.99. The number of piperidine rings is 1. The average Bonchev–Trinajstić information content (AvgIpc) is 3.25. The molecular weight excluding hydrogens is 427 g/mol. The molecule has 178 valence electrons. The molecule has 0 unspecified atom stereocenters. The van der Waals surface area contributed by atoms with Gasteiger partial charge in [0.05, 0.1) is 5.56 Å². The number of rotatable bonds is 9. The van der Waals surface area contributed by atoms with Crippen molar-refractivity contribution in [3.05, 3.63) is 41.8 Å². The lowest BCUT2D eigenvalue weighted by molar-refractivity contribution is -0.128. The van der Waals surface area contributed by atoms with E-state index in [4.69, 9.17) is 4.52 Å². The first-order valence-corrected chi connectivity index (χ1v) is 11.3. The van der Waals surface area contributed by atoms with Crippen LogP contribution >= 0.6 is 0 Å². The van der Waals surface area contributed by atoms with Crippen LogP contribution in [0.25, 0.3) is 11.3 Å². The third-order valence-corrected chi connectivity index (χ3v) is 5.64. The summed E-state index contributed by atoms with van der Waals surface area (Å²) in [4.78, 5) is 37.7. The number of nitrogens with zero attached hydrogens (tertiary/aromatic N) is 1. The van der Waals surface area contributed by atoms with Gasteiger partial charge < -0.3 is 20.5 Å². The number of halogens is 1. The summed E-state index contributed by atoms with van der Waals surface area (Å²) in [7, 11) is 0. The largest absolute Gasteiger partial charge is 0.356 e. The minimum Gasteiger partial charge on any atom is -0.356 e. The Balaban J connectivity index is 1.63. The molecule has 3 atom stereocenters. The van der Waals surface area contributed by atoms with Crippen LogP contribution in [-0.2, 0) is 9.59 Å². The van der Waals surface area contributed by atoms with Gasteiger partial charge in [0.2, 0.25) is 11.8 Å². The van der Waals surface area contributed by atoms with Crippen molar-refractivity contribution >= 4 is 17.7 Å². The molecule has 1 fully saturated rings. The van der Waals surface area contributed by atoms with Crippen LogP contribution in [0.4, 0.5) is 4.39 Å². The zero-order chi connectivity index (χ0) is 24.0. The van der Waals surface area contributed by atoms with Crippen LogP contribution in [0.2, 0.25) is 0 Å². The number of carbonyl (C=O) groups excluding carboxylic acids is 3. The van der Waals surface area contributed by atoms with Gasteiger partial charge in [-0.05, 0) is 50.7 Å². The lowest BCUT2D eigenvalue weighted by Crippen LogP contribution is -2.50. The fraction of sp³-hybridized carbons (Fsp3) is 0.500. The molecule has 3 rings (SSSR count). The van der Waals surface area contributed by atoms with Crippen molar-refractivity contribution in [3.8, 4) is 11.3 Å². The van der Waals surface area contributed by atoms with Gasteiger partial charge >= 0.3 is 0 Å². The quantitative estimate of drug-likeness (QED) is 0.535. The normalized spacial score (nSPS) is 17.8. The molecule has 1 aromatic heterocycles. The fourth-order valence-electron chi connectivity index (χ4n) is 3.99. The van der Waals surface area contributed by atoms with Crippen molar-refractivity contribution < 1.29 is 23.3 Å². The standard InChI is InChI=1S/C24H31FN4O4/c1-14(2)11-19(23(31)27-15(3)12-16-7-6-10-26-22(16)30)28-24(32)20-13-21(33-29-20)17-8-4-5-9-18(17)25/h4-5,8-9,13-16,19H,6-7,10-12H2,1-3H3,(H,26,30)(H,27,31)(H,28,32)/t15-,16+,19+/m1/s1. The van der Waals surface area contributed by atoms with E-state index >= 15 is 0 Å². The zero-order valence-electron chi connectivity index (χ0n) is 19.2. The molecule has 0 spiro atoms. The molecule has 0 aliphatic carbocycles. The Morgan fingerprint density at radius 1 is 1.24 bits per heavy atom. The van der Waals surface area contributed by atoms with Gasteiger partial charge in [-0.1, -0.05) is 31.1 Å². The van der Waals surface area contributed by atoms with E-state index in [9.17, 15) is 18.8 Å². The second kappa shape index (κ2) is 11.1. The summed E-state index contributed by atoms with van der Waals surface area (Å²) in [6, 6.07) is 6.37. The van der Waals surface area contributed by atoms with E-state index in [-0.39, 0.29) is 46.7 Å². The van der Waals surface area contributed by atoms with Crippen LogP contribution in [-0.4, -0.2) is 41.5 Å². The van der Waals surface area contributed by atoms with E-state index in [1.54, 1.807) is 12.1 Å². The lowest BCUT2D eigenvalue weighted by atomic mass is 9.92. The number of nitrogens with one attached hydrogen (secondary N) is 3. The molecule has 2 heterocycles. The molecule has 0 saturated carbocycles. The highest BCUT2D eigenvalue weighted by atomic mass is 19.1. The Kier molecular flexibility index (Phi) is 8.19. The molecule has 1 aliphatic heterocycles. The second-order valence-corrected chi connectivity index (χ2v) is 8.99. The van der Waals surface area contributed by atoms with Crippen molar-refractivity contribution in [2.45, 2.75) is 58.5 Å². The molecule has 0 bridgehead atoms. The summed E-state index contributed by atoms with van der Waals surface area (Å²) in [6.45, 7) is 6.45. The Morgan fingerprint density at radius 2 is 2.00 bits per heavy atom. The topological polar surface area (TPSA) is 113 Å². The SMILES string of the molecule is CC(C)C[C@H](NC(=O)c1cc(-c2ccccc2F)on1)C(=O)N[C@H](C)C[C@@H]1CCCNC1=O. The molecule has 33 heavy (non-hydrogen) atoms. The van der Waals surface area contributed by atoms with Crippen molar-refractivity contribution in [1.29, 1.82) is 0 Å². The van der Waals surface area contributed by atoms with Gasteiger partial charge in [-0.25, -0.2) is 4.39 Å². The molecule has 1 saturated heterocycles. The van der Waals surface area contributed by atoms with Crippen LogP contribution in [0.3, 0.4) is 0 Å². The van der Waals surface area contributed by atoms with Crippen molar-refractivity contribution in [2.24, 2.45) is 11.8 Å². The number of carbonyl (C=O) groups is 3. The highest BCUT2D eigenvalue weighted by Crippen LogP contribution is 2.23. The summed E-state index contributed by atoms with van der Waals surface area (Å²) in [5.74, 6) is -1.22. The smallest absolute Gasteiger partial charge is 0.274 e. The molecule has 8 nitrogen and oxygen atoms in total. The number of amides is 3. The maximum Gasteiger partial charge on any atom is 0.274 e. The molecular formula is C24H31FN4O4. The lowest BCUT2D eigenvalue weighted by Gasteiger charge is -2.26. The highest BCUT2D eigenvalue weighted by Gasteiger charge is 2.28. The summed E-state index contributed by atoms with van der Waals surface area (Å²) < 4.78 is 19.1. The van der Waals surface area contributed by atoms with Gasteiger partial charge in [0, 0.05) is 24.6 Å². The van der Waals surface area contributed by atoms with E-state index in [2.05, 4.69) is 21.1 Å². The van der Waals surface area contributed by atoms with Crippen molar-refractivity contribution in [1.82, 2.24) is 21.1 Å². The predicted octanol–water partition coefficient (Wildman–Crippen LogP) is 3.05. The monoisotopic (exact) mass is 458 g/mol. The number of benzene rings is 1. The summed E-state index contributed by atoms with van der Waals surface area (Å²) in [5, 5.41) is 12.2. The first-order valence-electron chi connectivity index (χ1n) is 11.3. The first-order chi connectivity index (χ1) is 15.7. The van der Waals surface area contributed by atoms with Crippen molar-refractivity contribution in [3.63, 3.8) is 0 Å². The van der Waals surface area contributed by atoms with Gasteiger partial charge in [-0.3, -0.25) is 14.4 Å². The molecule has 1 aliphatic rings. The van der Waals surface area contributed by atoms with E-state index in [1.165, 1.54) is 18.2 Å². The van der Waals surface area contributed by atoms with E-state index in [0.717, 1.165) is 12.8 Å². The summed E-state index contributed by atoms with van der Waals surface area (Å²) in [6.07, 6.45) is 2.69. The Labute approximate surface area is 192 Å². The number of hydrogen-bond acceptors (Lipinski definition) is 5. The third kappa shape index (κ3) is 6.63. The summed E-state index contributed by atoms with van der Waals surface area (Å²) >= 11 is 0. The molecule has 0 radical (unpaired) electrons. The highest BCUT2D eigenvalue weighted by molar-refractivity contribution is 5.96. The first kappa shape index (κ1) is 24.4. The third-order valence-electron chi connectivity index (χ3n) is 5.64. The van der Waals surface area contributed by atoms with Crippen LogP contribution in [0.15, 0.2) is 34.9 Å². The molecule has 9 heteroatoms. The van der Waals surface area contributed by atoms with E-state index in [1.807, 2.05) is 20.8 Å². The Morgan fingerprint density at radius 3 is 2.70 bits per heavy atom. The predicted molar refractivity (Wildman–Crippen MR) is 121 cm³/mol. The minimum atomic E-state index is -0.784. The van der Waals surface area contributed by atoms with Gasteiger partial charge in [0.1, 0.15) is 11.9 Å². The molecule has 2 aromatic rings. The van der Waals surface area contributed by atoms with Crippen LogP contribution < -0.4 is 16.0 Å². The van der Waals surface area contributed by atoms with E-state index < -0.39 is 17.8 Å². The number of aromatic nitrogens is 1. The summed E-state index contributed by atoms with van der Waals surface area (Å²) in [5.41, 5.74) is 0.155. The van der Waals surface area contributed by atoms with Gasteiger partial charge in [-0.2, -0.15) is 0 Å². The zero-order valence-corrected chi connectivity index (χ0v) is 19.2. The van der Waals surface area contributed by atoms with Crippen LogP contribution in [0.1, 0.15) is 56.9 Å². The average molecular weight is 459 g/mol. The molecule has 1 aromatic carbocycles. The number of hydrogen-bond donors (Lipinski definition) is 3. The van der Waals surface area contributed by atoms with Crippen LogP contribution in [0.5, 0.6) is 0 Å². The van der Waals surface area contributed by atoms with Gasteiger partial charge in [0.25, 0.3) is 5.91 Å².